The Labute approximate surface area is 161 Å². The van der Waals surface area contributed by atoms with E-state index in [0.29, 0.717) is 32.0 Å². The van der Waals surface area contributed by atoms with E-state index in [2.05, 4.69) is 27.0 Å². The lowest BCUT2D eigenvalue weighted by atomic mass is 10.0. The predicted octanol–water partition coefficient (Wildman–Crippen LogP) is 2.26. The molecule has 4 rings (SSSR count). The van der Waals surface area contributed by atoms with Crippen molar-refractivity contribution < 1.29 is 8.42 Å². The monoisotopic (exact) mass is 386 g/mol. The molecule has 1 aromatic heterocycles. The van der Waals surface area contributed by atoms with Crippen LogP contribution in [0.25, 0.3) is 0 Å². The van der Waals surface area contributed by atoms with Crippen LogP contribution in [0.1, 0.15) is 24.0 Å². The summed E-state index contributed by atoms with van der Waals surface area (Å²) in [5, 5.41) is -0.274. The fourth-order valence-electron chi connectivity index (χ4n) is 4.16. The van der Waals surface area contributed by atoms with Gasteiger partial charge in [0.15, 0.2) is 0 Å². The quantitative estimate of drug-likeness (QED) is 0.806. The molecule has 2 saturated heterocycles. The average molecular weight is 387 g/mol. The summed E-state index contributed by atoms with van der Waals surface area (Å²) in [7, 11) is -3.23. The summed E-state index contributed by atoms with van der Waals surface area (Å²) < 4.78 is 27.8. The molecule has 27 heavy (non-hydrogen) atoms. The number of aromatic nitrogens is 2. The van der Waals surface area contributed by atoms with Gasteiger partial charge in [-0.2, -0.15) is 0 Å². The predicted molar refractivity (Wildman–Crippen MR) is 106 cm³/mol. The van der Waals surface area contributed by atoms with Crippen LogP contribution in [0.2, 0.25) is 0 Å². The standard InChI is InChI=1S/C20H26N4O2S/c1-16-13-21-20(22-14-16)23-10-8-18-15-24(27(25,26)19(18)9-11-23)12-7-17-5-3-2-4-6-17/h2-6,13-14,18-19H,7-12,15H2,1H3/t18-,19-/m1/s1. The first kappa shape index (κ1) is 18.4. The van der Waals surface area contributed by atoms with E-state index in [1.165, 1.54) is 5.56 Å². The molecule has 0 radical (unpaired) electrons. The number of nitrogens with zero attached hydrogens (tertiary/aromatic N) is 4. The minimum absolute atomic E-state index is 0.196. The molecular weight excluding hydrogens is 360 g/mol. The summed E-state index contributed by atoms with van der Waals surface area (Å²) in [6, 6.07) is 10.1. The normalized spacial score (nSPS) is 25.1. The maximum Gasteiger partial charge on any atom is 0.225 e. The van der Waals surface area contributed by atoms with Crippen LogP contribution in [-0.2, 0) is 16.4 Å². The third-order valence-electron chi connectivity index (χ3n) is 5.70. The van der Waals surface area contributed by atoms with Gasteiger partial charge in [0.25, 0.3) is 0 Å². The topological polar surface area (TPSA) is 66.4 Å². The number of hydrogen-bond acceptors (Lipinski definition) is 5. The Morgan fingerprint density at radius 2 is 1.78 bits per heavy atom. The van der Waals surface area contributed by atoms with Crippen LogP contribution in [0.3, 0.4) is 0 Å². The van der Waals surface area contributed by atoms with Crippen molar-refractivity contribution in [2.24, 2.45) is 5.92 Å². The molecule has 0 saturated carbocycles. The highest BCUT2D eigenvalue weighted by Gasteiger charge is 2.46. The lowest BCUT2D eigenvalue weighted by Crippen LogP contribution is -2.33. The smallest absolute Gasteiger partial charge is 0.225 e. The van der Waals surface area contributed by atoms with Gasteiger partial charge in [-0.15, -0.1) is 0 Å². The molecule has 2 atom stereocenters. The van der Waals surface area contributed by atoms with Gasteiger partial charge in [-0.1, -0.05) is 30.3 Å². The highest BCUT2D eigenvalue weighted by atomic mass is 32.2. The van der Waals surface area contributed by atoms with Gasteiger partial charge in [0.1, 0.15) is 0 Å². The van der Waals surface area contributed by atoms with E-state index in [4.69, 9.17) is 0 Å². The van der Waals surface area contributed by atoms with Gasteiger partial charge in [0.05, 0.1) is 5.25 Å². The van der Waals surface area contributed by atoms with Gasteiger partial charge < -0.3 is 4.90 Å². The Morgan fingerprint density at radius 1 is 1.07 bits per heavy atom. The minimum Gasteiger partial charge on any atom is -0.341 e. The van der Waals surface area contributed by atoms with E-state index < -0.39 is 10.0 Å². The molecule has 1 aromatic carbocycles. The van der Waals surface area contributed by atoms with Crippen molar-refractivity contribution in [2.45, 2.75) is 31.4 Å². The van der Waals surface area contributed by atoms with Crippen LogP contribution in [0.15, 0.2) is 42.7 Å². The average Bonchev–Trinajstić information content (AvgIpc) is 2.81. The number of benzene rings is 1. The molecule has 2 aliphatic heterocycles. The maximum atomic E-state index is 13.1. The van der Waals surface area contributed by atoms with Gasteiger partial charge in [-0.3, -0.25) is 0 Å². The van der Waals surface area contributed by atoms with Crippen LogP contribution >= 0.6 is 0 Å². The zero-order valence-corrected chi connectivity index (χ0v) is 16.5. The SMILES string of the molecule is Cc1cnc(N2CC[C@@H]3CN(CCc4ccccc4)S(=O)(=O)[C@@H]3CC2)nc1. The molecule has 6 nitrogen and oxygen atoms in total. The Balaban J connectivity index is 1.42. The Hall–Kier alpha value is -1.99. The molecule has 0 aliphatic carbocycles. The molecule has 2 aliphatic rings. The van der Waals surface area contributed by atoms with Crippen LogP contribution in [-0.4, -0.2) is 54.1 Å². The summed E-state index contributed by atoms with van der Waals surface area (Å²) in [6.45, 7) is 4.68. The van der Waals surface area contributed by atoms with Gasteiger partial charge >= 0.3 is 0 Å². The van der Waals surface area contributed by atoms with Crippen molar-refractivity contribution in [1.82, 2.24) is 14.3 Å². The van der Waals surface area contributed by atoms with Crippen molar-refractivity contribution in [3.63, 3.8) is 0 Å². The molecule has 3 heterocycles. The number of sulfonamides is 1. The fraction of sp³-hybridized carbons (Fsp3) is 0.500. The molecule has 0 amide bonds. The van der Waals surface area contributed by atoms with Gasteiger partial charge in [0.2, 0.25) is 16.0 Å². The van der Waals surface area contributed by atoms with Crippen molar-refractivity contribution >= 4 is 16.0 Å². The molecule has 144 valence electrons. The summed E-state index contributed by atoms with van der Waals surface area (Å²) in [6.07, 6.45) is 5.91. The second kappa shape index (κ2) is 7.56. The van der Waals surface area contributed by atoms with Gasteiger partial charge in [-0.25, -0.2) is 22.7 Å². The van der Waals surface area contributed by atoms with Crippen molar-refractivity contribution in [3.8, 4) is 0 Å². The van der Waals surface area contributed by atoms with Crippen molar-refractivity contribution in [2.75, 3.05) is 31.1 Å². The zero-order chi connectivity index (χ0) is 18.9. The molecule has 0 bridgehead atoms. The van der Waals surface area contributed by atoms with Crippen molar-refractivity contribution in [3.05, 3.63) is 53.9 Å². The van der Waals surface area contributed by atoms with Crippen LogP contribution in [0.4, 0.5) is 5.95 Å². The summed E-state index contributed by atoms with van der Waals surface area (Å²) >= 11 is 0. The first-order valence-corrected chi connectivity index (χ1v) is 11.1. The number of anilines is 1. The summed E-state index contributed by atoms with van der Waals surface area (Å²) in [5.74, 6) is 0.903. The fourth-order valence-corrected chi connectivity index (χ4v) is 6.40. The molecule has 0 unspecified atom stereocenters. The van der Waals surface area contributed by atoms with E-state index in [0.717, 1.165) is 24.9 Å². The van der Waals surface area contributed by atoms with Crippen molar-refractivity contribution in [1.29, 1.82) is 0 Å². The largest absolute Gasteiger partial charge is 0.341 e. The first-order chi connectivity index (χ1) is 13.0. The van der Waals surface area contributed by atoms with Crippen LogP contribution in [0.5, 0.6) is 0 Å². The van der Waals surface area contributed by atoms with E-state index in [1.807, 2.05) is 37.5 Å². The zero-order valence-electron chi connectivity index (χ0n) is 15.7. The second-order valence-corrected chi connectivity index (χ2v) is 9.71. The lowest BCUT2D eigenvalue weighted by Gasteiger charge is -2.22. The molecular formula is C20H26N4O2S. The number of fused-ring (bicyclic) bond motifs is 1. The van der Waals surface area contributed by atoms with E-state index in [1.54, 1.807) is 4.31 Å². The molecule has 7 heteroatoms. The Morgan fingerprint density at radius 3 is 2.52 bits per heavy atom. The molecule has 0 spiro atoms. The third kappa shape index (κ3) is 3.84. The third-order valence-corrected chi connectivity index (χ3v) is 8.14. The number of hydrogen-bond donors (Lipinski definition) is 0. The Kier molecular flexibility index (Phi) is 5.14. The summed E-state index contributed by atoms with van der Waals surface area (Å²) in [4.78, 5) is 10.9. The van der Waals surface area contributed by atoms with E-state index in [-0.39, 0.29) is 11.2 Å². The molecule has 2 fully saturated rings. The van der Waals surface area contributed by atoms with Crippen LogP contribution in [0, 0.1) is 12.8 Å². The molecule has 0 N–H and O–H groups in total. The highest BCUT2D eigenvalue weighted by Crippen LogP contribution is 2.34. The molecule has 2 aromatic rings. The van der Waals surface area contributed by atoms with Gasteiger partial charge in [0, 0.05) is 38.6 Å². The van der Waals surface area contributed by atoms with E-state index in [9.17, 15) is 8.42 Å². The second-order valence-electron chi connectivity index (χ2n) is 7.56. The van der Waals surface area contributed by atoms with Gasteiger partial charge in [-0.05, 0) is 43.2 Å². The number of aryl methyl sites for hydroxylation is 1. The minimum atomic E-state index is -3.23. The van der Waals surface area contributed by atoms with E-state index >= 15 is 0 Å². The highest BCUT2D eigenvalue weighted by molar-refractivity contribution is 7.90. The Bertz CT molecular complexity index is 871. The number of rotatable bonds is 4. The maximum absolute atomic E-state index is 13.1. The summed E-state index contributed by atoms with van der Waals surface area (Å²) in [5.41, 5.74) is 2.21. The first-order valence-electron chi connectivity index (χ1n) is 9.60. The lowest BCUT2D eigenvalue weighted by molar-refractivity contribution is 0.388. The van der Waals surface area contributed by atoms with Crippen LogP contribution < -0.4 is 4.90 Å².